The van der Waals surface area contributed by atoms with Crippen molar-refractivity contribution in [3.63, 3.8) is 0 Å². The molecular formula is C36H50FN7O4. The van der Waals surface area contributed by atoms with Gasteiger partial charge in [-0.25, -0.2) is 4.39 Å². The number of piperidine rings is 2. The number of carbonyl (C=O) groups is 2. The highest BCUT2D eigenvalue weighted by Gasteiger charge is 2.40. The first-order valence-electron chi connectivity index (χ1n) is 17.6. The molecule has 3 unspecified atom stereocenters. The Labute approximate surface area is 282 Å². The van der Waals surface area contributed by atoms with Gasteiger partial charge in [0.25, 0.3) is 0 Å². The first-order valence-corrected chi connectivity index (χ1v) is 17.6. The predicted molar refractivity (Wildman–Crippen MR) is 181 cm³/mol. The summed E-state index contributed by atoms with van der Waals surface area (Å²) in [6.07, 6.45) is 6.28. The monoisotopic (exact) mass is 663 g/mol. The third-order valence-electron chi connectivity index (χ3n) is 10.5. The average Bonchev–Trinajstić information content (AvgIpc) is 3.83. The number of aliphatic hydroxyl groups is 1. The number of aromatic nitrogens is 3. The minimum Gasteiger partial charge on any atom is -0.393 e. The van der Waals surface area contributed by atoms with Gasteiger partial charge in [0.15, 0.2) is 17.4 Å². The summed E-state index contributed by atoms with van der Waals surface area (Å²) in [5.74, 6) is 0.690. The van der Waals surface area contributed by atoms with E-state index in [1.807, 2.05) is 51.1 Å². The highest BCUT2D eigenvalue weighted by Crippen LogP contribution is 2.34. The molecule has 48 heavy (non-hydrogen) atoms. The van der Waals surface area contributed by atoms with Crippen molar-refractivity contribution >= 4 is 17.6 Å². The number of benzene rings is 1. The van der Waals surface area contributed by atoms with E-state index in [4.69, 9.17) is 4.52 Å². The van der Waals surface area contributed by atoms with Gasteiger partial charge in [-0.3, -0.25) is 14.3 Å². The van der Waals surface area contributed by atoms with E-state index in [-0.39, 0.29) is 35.7 Å². The second-order valence-corrected chi connectivity index (χ2v) is 14.3. The van der Waals surface area contributed by atoms with Gasteiger partial charge in [0.2, 0.25) is 11.8 Å². The number of hydrogen-bond donors (Lipinski definition) is 2. The van der Waals surface area contributed by atoms with E-state index in [1.165, 1.54) is 10.9 Å². The number of nitrogens with zero attached hydrogens (tertiary/aromatic N) is 6. The minimum atomic E-state index is -0.561. The maximum Gasteiger partial charge on any atom is 0.243 e. The number of likely N-dealkylation sites (tertiary alicyclic amines) is 2. The fraction of sp³-hybridized carbons (Fsp3) is 0.611. The zero-order chi connectivity index (χ0) is 33.9. The number of carbonyl (C=O) groups excluding carboxylic acids is 2. The molecule has 2 aromatic heterocycles. The van der Waals surface area contributed by atoms with Gasteiger partial charge in [-0.05, 0) is 62.8 Å². The van der Waals surface area contributed by atoms with E-state index >= 15 is 0 Å². The highest BCUT2D eigenvalue weighted by molar-refractivity contribution is 5.91. The van der Waals surface area contributed by atoms with Crippen LogP contribution in [0.4, 0.5) is 10.2 Å². The van der Waals surface area contributed by atoms with Crippen molar-refractivity contribution < 1.29 is 23.6 Å². The molecule has 12 heteroatoms. The third kappa shape index (κ3) is 7.44. The van der Waals surface area contributed by atoms with Crippen LogP contribution in [0.3, 0.4) is 0 Å². The molecule has 11 nitrogen and oxygen atoms in total. The Morgan fingerprint density at radius 1 is 1.02 bits per heavy atom. The van der Waals surface area contributed by atoms with Crippen LogP contribution in [0.5, 0.6) is 0 Å². The molecule has 260 valence electrons. The summed E-state index contributed by atoms with van der Waals surface area (Å²) < 4.78 is 21.5. The maximum absolute atomic E-state index is 14.2. The quantitative estimate of drug-likeness (QED) is 0.326. The molecule has 0 saturated carbocycles. The number of nitrogens with one attached hydrogen (secondary N) is 1. The second kappa shape index (κ2) is 14.8. The Balaban J connectivity index is 1.05. The van der Waals surface area contributed by atoms with Gasteiger partial charge in [-0.1, -0.05) is 43.3 Å². The zero-order valence-electron chi connectivity index (χ0n) is 28.6. The second-order valence-electron chi connectivity index (χ2n) is 14.3. The van der Waals surface area contributed by atoms with Crippen molar-refractivity contribution in [2.45, 2.75) is 83.4 Å². The van der Waals surface area contributed by atoms with E-state index in [2.05, 4.69) is 25.4 Å². The van der Waals surface area contributed by atoms with Gasteiger partial charge in [0.05, 0.1) is 18.3 Å². The molecule has 2 N–H and O–H groups in total. The van der Waals surface area contributed by atoms with E-state index in [9.17, 15) is 19.1 Å². The molecule has 6 rings (SSSR count). The largest absolute Gasteiger partial charge is 0.393 e. The molecule has 3 aromatic rings. The molecule has 3 atom stereocenters. The topological polar surface area (TPSA) is 120 Å². The van der Waals surface area contributed by atoms with Crippen LogP contribution in [0.15, 0.2) is 41.1 Å². The third-order valence-corrected chi connectivity index (χ3v) is 10.5. The zero-order valence-corrected chi connectivity index (χ0v) is 28.6. The Kier molecular flexibility index (Phi) is 10.5. The summed E-state index contributed by atoms with van der Waals surface area (Å²) in [4.78, 5) is 34.1. The van der Waals surface area contributed by atoms with Crippen molar-refractivity contribution in [1.82, 2.24) is 30.1 Å². The number of anilines is 1. The lowest BCUT2D eigenvalue weighted by atomic mass is 9.91. The summed E-state index contributed by atoms with van der Waals surface area (Å²) >= 11 is 0. The number of aliphatic hydroxyl groups excluding tert-OH is 1. The molecule has 0 radical (unpaired) electrons. The molecule has 0 bridgehead atoms. The van der Waals surface area contributed by atoms with Gasteiger partial charge < -0.3 is 29.6 Å². The summed E-state index contributed by atoms with van der Waals surface area (Å²) in [5, 5.41) is 21.3. The first kappa shape index (κ1) is 34.1. The van der Waals surface area contributed by atoms with Gasteiger partial charge in [0, 0.05) is 57.9 Å². The number of aryl methyl sites for hydroxylation is 1. The number of hydrogen-bond acceptors (Lipinski definition) is 8. The fourth-order valence-electron chi connectivity index (χ4n) is 7.66. The Morgan fingerprint density at radius 3 is 2.38 bits per heavy atom. The number of amides is 2. The molecule has 0 aliphatic carbocycles. The normalized spacial score (nSPS) is 21.2. The SMILES string of the molecule is CC(NC(=O)C1CCCN1C(=O)C(c1cc(N2CCC(CN3CCC(O)CC3)CC2)no1)C(C)C)c1ccc(-c2c(F)cnn2C)cc1. The molecule has 0 spiro atoms. The van der Waals surface area contributed by atoms with E-state index in [1.54, 1.807) is 11.9 Å². The van der Waals surface area contributed by atoms with E-state index in [0.717, 1.165) is 76.2 Å². The number of rotatable bonds is 10. The van der Waals surface area contributed by atoms with Crippen LogP contribution in [0.2, 0.25) is 0 Å². The smallest absolute Gasteiger partial charge is 0.243 e. The fourth-order valence-corrected chi connectivity index (χ4v) is 7.66. The Hall–Kier alpha value is -3.77. The molecule has 2 amide bonds. The summed E-state index contributed by atoms with van der Waals surface area (Å²) in [5.41, 5.74) is 2.00. The van der Waals surface area contributed by atoms with Gasteiger partial charge in [-0.2, -0.15) is 5.10 Å². The molecule has 5 heterocycles. The van der Waals surface area contributed by atoms with Crippen molar-refractivity contribution in [2.24, 2.45) is 18.9 Å². The molecular weight excluding hydrogens is 613 g/mol. The van der Waals surface area contributed by atoms with Crippen LogP contribution >= 0.6 is 0 Å². The van der Waals surface area contributed by atoms with Crippen molar-refractivity contribution in [1.29, 1.82) is 0 Å². The van der Waals surface area contributed by atoms with E-state index < -0.39 is 12.0 Å². The lowest BCUT2D eigenvalue weighted by Crippen LogP contribution is -2.48. The first-order chi connectivity index (χ1) is 23.1. The van der Waals surface area contributed by atoms with Crippen LogP contribution in [0.25, 0.3) is 11.3 Å². The van der Waals surface area contributed by atoms with Crippen LogP contribution in [0.1, 0.15) is 82.6 Å². The van der Waals surface area contributed by atoms with Crippen LogP contribution in [-0.4, -0.2) is 93.1 Å². The summed E-state index contributed by atoms with van der Waals surface area (Å²) in [7, 11) is 1.70. The van der Waals surface area contributed by atoms with Gasteiger partial charge in [-0.15, -0.1) is 0 Å². The molecule has 3 fully saturated rings. The Bertz CT molecular complexity index is 1520. The molecule has 3 aliphatic heterocycles. The lowest BCUT2D eigenvalue weighted by molar-refractivity contribution is -0.141. The van der Waals surface area contributed by atoms with Crippen LogP contribution in [-0.2, 0) is 16.6 Å². The standard InChI is InChI=1S/C36H50FN7O4/c1-23(2)33(31-20-32(40-48-31)43-18-11-25(12-19-43)22-42-16-13-28(45)14-17-42)36(47)44-15-5-6-30(44)35(46)39-24(3)26-7-9-27(10-8-26)34-29(37)21-38-41(34)4/h7-10,20-21,23-25,28,30,33,45H,5-6,11-19,22H2,1-4H3,(H,39,46). The summed E-state index contributed by atoms with van der Waals surface area (Å²) in [6, 6.07) is 8.47. The average molecular weight is 664 g/mol. The van der Waals surface area contributed by atoms with Crippen molar-refractivity contribution in [3.05, 3.63) is 53.7 Å². The van der Waals surface area contributed by atoms with Crippen LogP contribution < -0.4 is 10.2 Å². The molecule has 3 aliphatic rings. The Morgan fingerprint density at radius 2 is 1.73 bits per heavy atom. The number of halogens is 1. The predicted octanol–water partition coefficient (Wildman–Crippen LogP) is 4.50. The summed E-state index contributed by atoms with van der Waals surface area (Å²) in [6.45, 7) is 11.2. The van der Waals surface area contributed by atoms with Gasteiger partial charge >= 0.3 is 0 Å². The minimum absolute atomic E-state index is 0.0434. The molecule has 3 saturated heterocycles. The van der Waals surface area contributed by atoms with Crippen LogP contribution in [0, 0.1) is 17.7 Å². The maximum atomic E-state index is 14.2. The van der Waals surface area contributed by atoms with E-state index in [0.29, 0.717) is 35.9 Å². The van der Waals surface area contributed by atoms with Crippen molar-refractivity contribution in [2.75, 3.05) is 44.2 Å². The van der Waals surface area contributed by atoms with Crippen molar-refractivity contribution in [3.8, 4) is 11.3 Å². The van der Waals surface area contributed by atoms with Gasteiger partial charge in [0.1, 0.15) is 17.7 Å². The lowest BCUT2D eigenvalue weighted by Gasteiger charge is -2.36. The highest BCUT2D eigenvalue weighted by atomic mass is 19.1. The molecule has 1 aromatic carbocycles.